The van der Waals surface area contributed by atoms with Gasteiger partial charge in [0.1, 0.15) is 11.6 Å². The lowest BCUT2D eigenvalue weighted by Crippen LogP contribution is -2.17. The van der Waals surface area contributed by atoms with Crippen LogP contribution in [0.25, 0.3) is 0 Å². The molecule has 0 aliphatic carbocycles. The molecule has 0 bridgehead atoms. The van der Waals surface area contributed by atoms with Crippen LogP contribution in [0.15, 0.2) is 6.07 Å². The van der Waals surface area contributed by atoms with Crippen molar-refractivity contribution < 1.29 is 0 Å². The van der Waals surface area contributed by atoms with Crippen molar-refractivity contribution in [3.8, 4) is 0 Å². The van der Waals surface area contributed by atoms with E-state index in [0.717, 1.165) is 30.3 Å². The van der Waals surface area contributed by atoms with Crippen LogP contribution in [0.4, 0.5) is 5.82 Å². The number of aryl methyl sites for hydroxylation is 2. The van der Waals surface area contributed by atoms with Gasteiger partial charge in [0.15, 0.2) is 0 Å². The number of hydrogen-bond acceptors (Lipinski definition) is 3. The van der Waals surface area contributed by atoms with Gasteiger partial charge in [-0.1, -0.05) is 27.7 Å². The minimum absolute atomic E-state index is 0.653. The molecule has 0 aliphatic heterocycles. The highest BCUT2D eigenvalue weighted by atomic mass is 15.0. The van der Waals surface area contributed by atoms with Gasteiger partial charge in [-0.2, -0.15) is 0 Å². The summed E-state index contributed by atoms with van der Waals surface area (Å²) in [5, 5.41) is 3.39. The maximum absolute atomic E-state index is 4.39. The predicted octanol–water partition coefficient (Wildman–Crippen LogP) is 3.05. The summed E-state index contributed by atoms with van der Waals surface area (Å²) in [6.45, 7) is 11.8. The Morgan fingerprint density at radius 2 is 1.94 bits per heavy atom. The normalized spacial score (nSPS) is 12.9. The second-order valence-electron chi connectivity index (χ2n) is 4.75. The summed E-state index contributed by atoms with van der Waals surface area (Å²) in [7, 11) is 0. The molecule has 1 rings (SSSR count). The van der Waals surface area contributed by atoms with Gasteiger partial charge in [0.25, 0.3) is 0 Å². The van der Waals surface area contributed by atoms with Crippen LogP contribution in [0.2, 0.25) is 0 Å². The maximum atomic E-state index is 4.39. The second-order valence-corrected chi connectivity index (χ2v) is 4.75. The molecular weight excluding hydrogens is 198 g/mol. The minimum atomic E-state index is 0.653. The van der Waals surface area contributed by atoms with E-state index in [1.54, 1.807) is 0 Å². The molecule has 3 heteroatoms. The Balaban J connectivity index is 2.63. The summed E-state index contributed by atoms with van der Waals surface area (Å²) < 4.78 is 0. The Labute approximate surface area is 98.7 Å². The fourth-order valence-electron chi connectivity index (χ4n) is 1.40. The Morgan fingerprint density at radius 1 is 1.25 bits per heavy atom. The van der Waals surface area contributed by atoms with E-state index in [1.165, 1.54) is 0 Å². The second kappa shape index (κ2) is 5.83. The third kappa shape index (κ3) is 3.80. The maximum Gasteiger partial charge on any atom is 0.129 e. The topological polar surface area (TPSA) is 37.8 Å². The van der Waals surface area contributed by atoms with E-state index in [2.05, 4.69) is 43.0 Å². The average molecular weight is 221 g/mol. The van der Waals surface area contributed by atoms with Crippen LogP contribution < -0.4 is 5.32 Å². The van der Waals surface area contributed by atoms with Gasteiger partial charge in [-0.3, -0.25) is 0 Å². The van der Waals surface area contributed by atoms with E-state index in [9.17, 15) is 0 Å². The van der Waals surface area contributed by atoms with Gasteiger partial charge in [-0.15, -0.1) is 0 Å². The lowest BCUT2D eigenvalue weighted by molar-refractivity contribution is 0.439. The Kier molecular flexibility index (Phi) is 4.71. The van der Waals surface area contributed by atoms with E-state index >= 15 is 0 Å². The number of nitrogens with zero attached hydrogens (tertiary/aromatic N) is 2. The zero-order chi connectivity index (χ0) is 12.1. The number of hydrogen-bond donors (Lipinski definition) is 1. The molecule has 1 unspecified atom stereocenters. The van der Waals surface area contributed by atoms with Crippen LogP contribution >= 0.6 is 0 Å². The molecule has 0 spiro atoms. The van der Waals surface area contributed by atoms with Crippen LogP contribution in [0.3, 0.4) is 0 Å². The quantitative estimate of drug-likeness (QED) is 0.830. The Bertz CT molecular complexity index is 334. The summed E-state index contributed by atoms with van der Waals surface area (Å²) >= 11 is 0. The fourth-order valence-corrected chi connectivity index (χ4v) is 1.40. The molecular formula is C13H23N3. The van der Waals surface area contributed by atoms with Gasteiger partial charge in [0.05, 0.1) is 0 Å². The average Bonchev–Trinajstić information content (AvgIpc) is 2.24. The molecule has 1 atom stereocenters. The van der Waals surface area contributed by atoms with Gasteiger partial charge in [-0.05, 0) is 25.2 Å². The lowest BCUT2D eigenvalue weighted by Gasteiger charge is -2.16. The van der Waals surface area contributed by atoms with Crippen molar-refractivity contribution in [3.05, 3.63) is 17.6 Å². The first-order valence-electron chi connectivity index (χ1n) is 6.11. The predicted molar refractivity (Wildman–Crippen MR) is 68.6 cm³/mol. The van der Waals surface area contributed by atoms with Gasteiger partial charge in [-0.25, -0.2) is 9.97 Å². The van der Waals surface area contributed by atoms with E-state index in [0.29, 0.717) is 11.8 Å². The zero-order valence-corrected chi connectivity index (χ0v) is 11.0. The van der Waals surface area contributed by atoms with Crippen LogP contribution in [-0.4, -0.2) is 16.5 Å². The molecule has 0 radical (unpaired) electrons. The highest BCUT2D eigenvalue weighted by molar-refractivity contribution is 5.36. The number of anilines is 1. The van der Waals surface area contributed by atoms with Crippen molar-refractivity contribution >= 4 is 5.82 Å². The molecule has 1 aromatic heterocycles. The zero-order valence-electron chi connectivity index (χ0n) is 11.0. The molecule has 1 heterocycles. The molecule has 0 saturated carbocycles. The van der Waals surface area contributed by atoms with Crippen LogP contribution in [0.5, 0.6) is 0 Å². The smallest absolute Gasteiger partial charge is 0.129 e. The highest BCUT2D eigenvalue weighted by Gasteiger charge is 2.07. The van der Waals surface area contributed by atoms with Crippen molar-refractivity contribution in [2.45, 2.75) is 41.0 Å². The molecule has 90 valence electrons. The van der Waals surface area contributed by atoms with Crippen LogP contribution in [-0.2, 0) is 6.42 Å². The van der Waals surface area contributed by atoms with Gasteiger partial charge < -0.3 is 5.32 Å². The summed E-state index contributed by atoms with van der Waals surface area (Å²) in [5.41, 5.74) is 1.10. The molecule has 0 aromatic carbocycles. The molecule has 0 fully saturated rings. The summed E-state index contributed by atoms with van der Waals surface area (Å²) in [6.07, 6.45) is 0.956. The molecule has 0 aliphatic rings. The minimum Gasteiger partial charge on any atom is -0.370 e. The third-order valence-corrected chi connectivity index (χ3v) is 3.00. The Morgan fingerprint density at radius 3 is 2.50 bits per heavy atom. The number of nitrogens with one attached hydrogen (secondary N) is 1. The fraction of sp³-hybridized carbons (Fsp3) is 0.692. The monoisotopic (exact) mass is 221 g/mol. The summed E-state index contributed by atoms with van der Waals surface area (Å²) in [4.78, 5) is 8.75. The first-order valence-corrected chi connectivity index (χ1v) is 6.11. The van der Waals surface area contributed by atoms with Crippen molar-refractivity contribution in [2.24, 2.45) is 11.8 Å². The molecule has 3 nitrogen and oxygen atoms in total. The molecule has 0 saturated heterocycles. The third-order valence-electron chi connectivity index (χ3n) is 3.00. The largest absolute Gasteiger partial charge is 0.370 e. The van der Waals surface area contributed by atoms with Gasteiger partial charge in [0, 0.05) is 18.3 Å². The molecule has 1 N–H and O–H groups in total. The first-order chi connectivity index (χ1) is 7.52. The van der Waals surface area contributed by atoms with Crippen LogP contribution in [0.1, 0.15) is 39.2 Å². The highest BCUT2D eigenvalue weighted by Crippen LogP contribution is 2.12. The van der Waals surface area contributed by atoms with Crippen molar-refractivity contribution in [3.63, 3.8) is 0 Å². The van der Waals surface area contributed by atoms with Crippen molar-refractivity contribution in [1.29, 1.82) is 0 Å². The first kappa shape index (κ1) is 12.9. The van der Waals surface area contributed by atoms with Crippen LogP contribution in [0, 0.1) is 18.8 Å². The van der Waals surface area contributed by atoms with Gasteiger partial charge >= 0.3 is 0 Å². The van der Waals surface area contributed by atoms with Crippen molar-refractivity contribution in [1.82, 2.24) is 9.97 Å². The van der Waals surface area contributed by atoms with E-state index in [1.807, 2.05) is 13.0 Å². The Hall–Kier alpha value is -1.12. The molecule has 1 aromatic rings. The van der Waals surface area contributed by atoms with E-state index in [-0.39, 0.29) is 0 Å². The summed E-state index contributed by atoms with van der Waals surface area (Å²) in [5.74, 6) is 3.15. The number of rotatable bonds is 5. The van der Waals surface area contributed by atoms with E-state index < -0.39 is 0 Å². The van der Waals surface area contributed by atoms with Gasteiger partial charge in [0.2, 0.25) is 0 Å². The number of aromatic nitrogens is 2. The summed E-state index contributed by atoms with van der Waals surface area (Å²) in [6, 6.07) is 2.04. The molecule has 0 amide bonds. The van der Waals surface area contributed by atoms with Crippen molar-refractivity contribution in [2.75, 3.05) is 11.9 Å². The molecule has 16 heavy (non-hydrogen) atoms. The SMILES string of the molecule is CCc1cc(NCC(C)C(C)C)nc(C)n1. The lowest BCUT2D eigenvalue weighted by atomic mass is 9.98. The van der Waals surface area contributed by atoms with E-state index in [4.69, 9.17) is 0 Å². The standard InChI is InChI=1S/C13H23N3/c1-6-12-7-13(16-11(5)15-12)14-8-10(4)9(2)3/h7,9-10H,6,8H2,1-5H3,(H,14,15,16).